The Bertz CT molecular complexity index is 1220. The summed E-state index contributed by atoms with van der Waals surface area (Å²) in [5.41, 5.74) is 0.951. The van der Waals surface area contributed by atoms with Gasteiger partial charge >= 0.3 is 5.69 Å². The highest BCUT2D eigenvalue weighted by Crippen LogP contribution is 2.14. The fourth-order valence-corrected chi connectivity index (χ4v) is 4.01. The second-order valence-corrected chi connectivity index (χ2v) is 8.31. The van der Waals surface area contributed by atoms with Crippen LogP contribution in [0.15, 0.2) is 33.9 Å². The van der Waals surface area contributed by atoms with E-state index in [1.165, 1.54) is 17.2 Å². The summed E-state index contributed by atoms with van der Waals surface area (Å²) >= 11 is 5.94. The first-order valence-corrected chi connectivity index (χ1v) is 10.6. The zero-order chi connectivity index (χ0) is 22.1. The number of hydrogen-bond acceptors (Lipinski definition) is 5. The van der Waals surface area contributed by atoms with E-state index in [2.05, 4.69) is 14.9 Å². The topological polar surface area (TPSA) is 96.2 Å². The number of imidazole rings is 1. The van der Waals surface area contributed by atoms with E-state index in [4.69, 9.17) is 11.6 Å². The number of carbonyl (C=O) groups excluding carboxylic acids is 1. The molecule has 3 aromatic rings. The standard InChI is InChI=1S/C21H25ClN6O3/c1-25-19-18(20(30)26(2)21(25)31)23-16(24-19)7-8-17(29)28-11-9-27(10-12-28)13-14-3-5-15(22)6-4-14/h3-6H,7-13H2,1-2H3,(H,23,24). The number of nitrogens with one attached hydrogen (secondary N) is 1. The van der Waals surface area contributed by atoms with Crippen LogP contribution < -0.4 is 11.2 Å². The number of halogens is 1. The molecule has 0 aliphatic carbocycles. The first kappa shape index (κ1) is 21.3. The Morgan fingerprint density at radius 3 is 2.42 bits per heavy atom. The SMILES string of the molecule is Cn1c(=O)c2[nH]c(CCC(=O)N3CCN(Cc4ccc(Cl)cc4)CC3)nc2n(C)c1=O. The van der Waals surface area contributed by atoms with Gasteiger partial charge in [0.25, 0.3) is 5.56 Å². The molecule has 0 saturated carbocycles. The lowest BCUT2D eigenvalue weighted by Gasteiger charge is -2.34. The normalized spacial score (nSPS) is 15.0. The van der Waals surface area contributed by atoms with E-state index in [0.717, 1.165) is 29.2 Å². The Balaban J connectivity index is 1.33. The summed E-state index contributed by atoms with van der Waals surface area (Å²) in [4.78, 5) is 48.5. The fourth-order valence-electron chi connectivity index (χ4n) is 3.88. The average Bonchev–Trinajstić information content (AvgIpc) is 3.21. The molecule has 1 amide bonds. The maximum Gasteiger partial charge on any atom is 0.332 e. The smallest absolute Gasteiger partial charge is 0.332 e. The molecule has 4 rings (SSSR count). The predicted molar refractivity (Wildman–Crippen MR) is 118 cm³/mol. The van der Waals surface area contributed by atoms with E-state index >= 15 is 0 Å². The van der Waals surface area contributed by atoms with Crippen molar-refractivity contribution in [2.75, 3.05) is 26.2 Å². The molecule has 10 heteroatoms. The molecular weight excluding hydrogens is 420 g/mol. The van der Waals surface area contributed by atoms with Crippen molar-refractivity contribution in [2.45, 2.75) is 19.4 Å². The van der Waals surface area contributed by atoms with Gasteiger partial charge in [-0.05, 0) is 17.7 Å². The number of piperazine rings is 1. The molecule has 0 bridgehead atoms. The first-order valence-electron chi connectivity index (χ1n) is 10.2. The van der Waals surface area contributed by atoms with Gasteiger partial charge in [0.15, 0.2) is 5.65 Å². The van der Waals surface area contributed by atoms with Crippen molar-refractivity contribution in [3.8, 4) is 0 Å². The molecule has 0 radical (unpaired) electrons. The van der Waals surface area contributed by atoms with Crippen LogP contribution >= 0.6 is 11.6 Å². The summed E-state index contributed by atoms with van der Waals surface area (Å²) in [6, 6.07) is 7.83. The minimum atomic E-state index is -0.428. The third kappa shape index (κ3) is 4.42. The molecule has 164 valence electrons. The van der Waals surface area contributed by atoms with Gasteiger partial charge in [-0.2, -0.15) is 0 Å². The van der Waals surface area contributed by atoms with Crippen LogP contribution in [0.4, 0.5) is 0 Å². The number of nitrogens with zero attached hydrogens (tertiary/aromatic N) is 5. The van der Waals surface area contributed by atoms with Gasteiger partial charge in [0.05, 0.1) is 0 Å². The number of fused-ring (bicyclic) bond motifs is 1. The number of rotatable bonds is 5. The molecule has 0 spiro atoms. The summed E-state index contributed by atoms with van der Waals surface area (Å²) in [5, 5.41) is 0.728. The van der Waals surface area contributed by atoms with Gasteiger partial charge in [0.1, 0.15) is 11.3 Å². The molecule has 31 heavy (non-hydrogen) atoms. The highest BCUT2D eigenvalue weighted by molar-refractivity contribution is 6.30. The van der Waals surface area contributed by atoms with Crippen LogP contribution in [-0.4, -0.2) is 61.0 Å². The molecule has 0 atom stereocenters. The third-order valence-electron chi connectivity index (χ3n) is 5.76. The quantitative estimate of drug-likeness (QED) is 0.630. The molecule has 1 saturated heterocycles. The number of benzene rings is 1. The largest absolute Gasteiger partial charge is 0.340 e. The van der Waals surface area contributed by atoms with E-state index in [1.54, 1.807) is 7.05 Å². The minimum Gasteiger partial charge on any atom is -0.340 e. The van der Waals surface area contributed by atoms with Crippen LogP contribution in [0.2, 0.25) is 5.02 Å². The van der Waals surface area contributed by atoms with Gasteiger partial charge in [-0.15, -0.1) is 0 Å². The van der Waals surface area contributed by atoms with Crippen molar-refractivity contribution in [2.24, 2.45) is 14.1 Å². The van der Waals surface area contributed by atoms with Crippen molar-refractivity contribution < 1.29 is 4.79 Å². The molecule has 1 aliphatic heterocycles. The van der Waals surface area contributed by atoms with Crippen molar-refractivity contribution >= 4 is 28.7 Å². The molecule has 2 aromatic heterocycles. The van der Waals surface area contributed by atoms with Gasteiger partial charge < -0.3 is 9.88 Å². The van der Waals surface area contributed by atoms with Crippen molar-refractivity contribution in [3.05, 3.63) is 61.5 Å². The zero-order valence-electron chi connectivity index (χ0n) is 17.6. The maximum atomic E-state index is 12.7. The van der Waals surface area contributed by atoms with Crippen molar-refractivity contribution in [1.82, 2.24) is 28.9 Å². The maximum absolute atomic E-state index is 12.7. The van der Waals surface area contributed by atoms with Crippen LogP contribution in [0.25, 0.3) is 11.2 Å². The van der Waals surface area contributed by atoms with E-state index in [1.807, 2.05) is 29.2 Å². The monoisotopic (exact) mass is 444 g/mol. The highest BCUT2D eigenvalue weighted by Gasteiger charge is 2.21. The van der Waals surface area contributed by atoms with E-state index in [-0.39, 0.29) is 11.4 Å². The molecular formula is C21H25ClN6O3. The second kappa shape index (κ2) is 8.68. The molecule has 3 heterocycles. The van der Waals surface area contributed by atoms with Gasteiger partial charge in [0, 0.05) is 64.7 Å². The van der Waals surface area contributed by atoms with Crippen LogP contribution in [0, 0.1) is 0 Å². The van der Waals surface area contributed by atoms with Gasteiger partial charge in [-0.25, -0.2) is 9.78 Å². The Labute approximate surface area is 183 Å². The summed E-state index contributed by atoms with van der Waals surface area (Å²) < 4.78 is 2.37. The molecule has 1 aromatic carbocycles. The lowest BCUT2D eigenvalue weighted by Crippen LogP contribution is -2.48. The van der Waals surface area contributed by atoms with Crippen molar-refractivity contribution in [3.63, 3.8) is 0 Å². The average molecular weight is 445 g/mol. The first-order chi connectivity index (χ1) is 14.8. The number of H-pyrrole nitrogens is 1. The van der Waals surface area contributed by atoms with Crippen molar-refractivity contribution in [1.29, 1.82) is 0 Å². The Morgan fingerprint density at radius 1 is 1.06 bits per heavy atom. The van der Waals surface area contributed by atoms with Crippen LogP contribution in [0.5, 0.6) is 0 Å². The van der Waals surface area contributed by atoms with E-state index < -0.39 is 11.2 Å². The summed E-state index contributed by atoms with van der Waals surface area (Å²) in [6.07, 6.45) is 0.682. The van der Waals surface area contributed by atoms with Gasteiger partial charge in [0.2, 0.25) is 5.91 Å². The van der Waals surface area contributed by atoms with Crippen LogP contribution in [0.3, 0.4) is 0 Å². The fraction of sp³-hybridized carbons (Fsp3) is 0.429. The van der Waals surface area contributed by atoms with E-state index in [0.29, 0.717) is 37.4 Å². The van der Waals surface area contributed by atoms with Crippen LogP contribution in [0.1, 0.15) is 17.8 Å². The lowest BCUT2D eigenvalue weighted by atomic mass is 10.2. The predicted octanol–water partition coefficient (Wildman–Crippen LogP) is 0.891. The number of aryl methyl sites for hydroxylation is 2. The van der Waals surface area contributed by atoms with Gasteiger partial charge in [-0.3, -0.25) is 23.6 Å². The Hall–Kier alpha value is -2.91. The molecule has 1 aliphatic rings. The van der Waals surface area contributed by atoms with Crippen LogP contribution in [-0.2, 0) is 31.9 Å². The minimum absolute atomic E-state index is 0.0633. The number of amides is 1. The molecule has 1 N–H and O–H groups in total. The summed E-state index contributed by atoms with van der Waals surface area (Å²) in [5.74, 6) is 0.594. The number of aromatic nitrogens is 4. The Morgan fingerprint density at radius 2 is 1.74 bits per heavy atom. The number of aromatic amines is 1. The number of hydrogen-bond donors (Lipinski definition) is 1. The third-order valence-corrected chi connectivity index (χ3v) is 6.02. The lowest BCUT2D eigenvalue weighted by molar-refractivity contribution is -0.133. The Kier molecular flexibility index (Phi) is 5.97. The number of carbonyl (C=O) groups is 1. The zero-order valence-corrected chi connectivity index (χ0v) is 18.4. The summed E-state index contributed by atoms with van der Waals surface area (Å²) in [6.45, 7) is 3.84. The highest BCUT2D eigenvalue weighted by atomic mass is 35.5. The summed E-state index contributed by atoms with van der Waals surface area (Å²) in [7, 11) is 3.00. The van der Waals surface area contributed by atoms with Gasteiger partial charge in [-0.1, -0.05) is 23.7 Å². The molecule has 0 unspecified atom stereocenters. The second-order valence-electron chi connectivity index (χ2n) is 7.87. The molecule has 9 nitrogen and oxygen atoms in total. The van der Waals surface area contributed by atoms with E-state index in [9.17, 15) is 14.4 Å². The molecule has 1 fully saturated rings.